The molecule has 3 heteroatoms. The molecule has 0 aliphatic carbocycles. The van der Waals surface area contributed by atoms with Crippen molar-refractivity contribution < 1.29 is 9.59 Å². The van der Waals surface area contributed by atoms with Crippen molar-refractivity contribution in [1.82, 2.24) is 4.90 Å². The Morgan fingerprint density at radius 1 is 1.41 bits per heavy atom. The maximum atomic E-state index is 12.0. The Hall–Kier alpha value is -1.64. The van der Waals surface area contributed by atoms with Gasteiger partial charge in [0.1, 0.15) is 0 Å². The van der Waals surface area contributed by atoms with E-state index in [0.717, 1.165) is 24.1 Å². The number of ketones is 1. The summed E-state index contributed by atoms with van der Waals surface area (Å²) in [6, 6.07) is 7.94. The number of aryl methyl sites for hydroxylation is 1. The molecule has 2 rings (SSSR count). The fourth-order valence-electron chi connectivity index (χ4n) is 2.16. The minimum absolute atomic E-state index is 0.0589. The molecule has 90 valence electrons. The highest BCUT2D eigenvalue weighted by atomic mass is 16.2. The quantitative estimate of drug-likeness (QED) is 0.777. The minimum atomic E-state index is 0.0589. The molecule has 0 atom stereocenters. The first-order valence-corrected chi connectivity index (χ1v) is 6.00. The number of carbonyl (C=O) groups is 2. The van der Waals surface area contributed by atoms with Crippen LogP contribution in [-0.4, -0.2) is 29.7 Å². The Morgan fingerprint density at radius 2 is 2.24 bits per heavy atom. The van der Waals surface area contributed by atoms with Gasteiger partial charge >= 0.3 is 0 Å². The maximum absolute atomic E-state index is 12.0. The number of likely N-dealkylation sites (tertiary alicyclic amines) is 1. The van der Waals surface area contributed by atoms with E-state index >= 15 is 0 Å². The van der Waals surface area contributed by atoms with E-state index in [1.165, 1.54) is 0 Å². The zero-order chi connectivity index (χ0) is 12.3. The molecular weight excluding hydrogens is 214 g/mol. The smallest absolute Gasteiger partial charge is 0.227 e. The van der Waals surface area contributed by atoms with Crippen LogP contribution in [0.1, 0.15) is 24.0 Å². The molecule has 0 unspecified atom stereocenters. The molecule has 0 aromatic heterocycles. The van der Waals surface area contributed by atoms with Gasteiger partial charge in [-0.05, 0) is 18.9 Å². The Morgan fingerprint density at radius 3 is 2.94 bits per heavy atom. The van der Waals surface area contributed by atoms with Crippen LogP contribution in [0.5, 0.6) is 0 Å². The van der Waals surface area contributed by atoms with Gasteiger partial charge in [-0.1, -0.05) is 29.8 Å². The summed E-state index contributed by atoms with van der Waals surface area (Å²) in [5.74, 6) is 0.234. The van der Waals surface area contributed by atoms with Gasteiger partial charge in [-0.25, -0.2) is 0 Å². The molecule has 0 N–H and O–H groups in total. The van der Waals surface area contributed by atoms with E-state index in [-0.39, 0.29) is 11.7 Å². The van der Waals surface area contributed by atoms with E-state index in [1.807, 2.05) is 31.2 Å². The predicted octanol–water partition coefficient (Wildman–Crippen LogP) is 1.73. The minimum Gasteiger partial charge on any atom is -0.335 e. The van der Waals surface area contributed by atoms with Crippen LogP contribution in [0.25, 0.3) is 0 Å². The van der Waals surface area contributed by atoms with Gasteiger partial charge in [0.25, 0.3) is 0 Å². The Kier molecular flexibility index (Phi) is 3.57. The Bertz CT molecular complexity index is 440. The number of piperidine rings is 1. The van der Waals surface area contributed by atoms with E-state index in [2.05, 4.69) is 0 Å². The number of Topliss-reactive ketones (excluding diaryl/α,β-unsaturated/α-hetero) is 1. The largest absolute Gasteiger partial charge is 0.335 e. The van der Waals surface area contributed by atoms with Gasteiger partial charge in [-0.15, -0.1) is 0 Å². The summed E-state index contributed by atoms with van der Waals surface area (Å²) in [6.45, 7) is 3.03. The van der Waals surface area contributed by atoms with Crippen LogP contribution in [0.2, 0.25) is 0 Å². The monoisotopic (exact) mass is 231 g/mol. The number of benzene rings is 1. The highest BCUT2D eigenvalue weighted by Gasteiger charge is 2.21. The van der Waals surface area contributed by atoms with Crippen molar-refractivity contribution in [1.29, 1.82) is 0 Å². The molecule has 1 fully saturated rings. The van der Waals surface area contributed by atoms with E-state index in [9.17, 15) is 9.59 Å². The lowest BCUT2D eigenvalue weighted by molar-refractivity contribution is -0.137. The molecule has 1 aliphatic rings. The molecule has 17 heavy (non-hydrogen) atoms. The molecule has 0 bridgehead atoms. The molecule has 1 aromatic carbocycles. The number of hydrogen-bond donors (Lipinski definition) is 0. The summed E-state index contributed by atoms with van der Waals surface area (Å²) in [4.78, 5) is 25.0. The van der Waals surface area contributed by atoms with Crippen molar-refractivity contribution in [2.75, 3.05) is 13.1 Å². The summed E-state index contributed by atoms with van der Waals surface area (Å²) in [6.07, 6.45) is 1.82. The molecule has 0 saturated carbocycles. The van der Waals surface area contributed by atoms with Crippen LogP contribution in [0.15, 0.2) is 24.3 Å². The second-order valence-corrected chi connectivity index (χ2v) is 4.62. The molecule has 1 aromatic rings. The number of hydrogen-bond acceptors (Lipinski definition) is 2. The van der Waals surface area contributed by atoms with Gasteiger partial charge in [0.15, 0.2) is 5.78 Å². The second kappa shape index (κ2) is 5.13. The zero-order valence-corrected chi connectivity index (χ0v) is 10.1. The lowest BCUT2D eigenvalue weighted by atomic mass is 10.1. The second-order valence-electron chi connectivity index (χ2n) is 4.62. The van der Waals surface area contributed by atoms with Crippen LogP contribution in [0, 0.1) is 6.92 Å². The topological polar surface area (TPSA) is 37.4 Å². The number of amides is 1. The summed E-state index contributed by atoms with van der Waals surface area (Å²) >= 11 is 0. The Balaban J connectivity index is 1.99. The van der Waals surface area contributed by atoms with Gasteiger partial charge < -0.3 is 4.90 Å². The van der Waals surface area contributed by atoms with Crippen molar-refractivity contribution >= 4 is 11.7 Å². The predicted molar refractivity (Wildman–Crippen MR) is 65.7 cm³/mol. The average Bonchev–Trinajstić information content (AvgIpc) is 2.29. The zero-order valence-electron chi connectivity index (χ0n) is 10.1. The molecule has 0 radical (unpaired) electrons. The highest BCUT2D eigenvalue weighted by Crippen LogP contribution is 2.10. The molecule has 1 aliphatic heterocycles. The first-order chi connectivity index (χ1) is 8.15. The normalized spacial score (nSPS) is 16.1. The van der Waals surface area contributed by atoms with Crippen LogP contribution < -0.4 is 0 Å². The SMILES string of the molecule is Cc1cccc(CC(=O)N2CCCC(=O)C2)c1. The van der Waals surface area contributed by atoms with Gasteiger partial charge in [-0.2, -0.15) is 0 Å². The molecule has 3 nitrogen and oxygen atoms in total. The molecule has 1 heterocycles. The molecule has 0 spiro atoms. The lowest BCUT2D eigenvalue weighted by Crippen LogP contribution is -2.40. The van der Waals surface area contributed by atoms with E-state index < -0.39 is 0 Å². The summed E-state index contributed by atoms with van der Waals surface area (Å²) < 4.78 is 0. The van der Waals surface area contributed by atoms with Gasteiger partial charge in [0, 0.05) is 13.0 Å². The van der Waals surface area contributed by atoms with E-state index in [4.69, 9.17) is 0 Å². The molecule has 1 saturated heterocycles. The fraction of sp³-hybridized carbons (Fsp3) is 0.429. The van der Waals surface area contributed by atoms with Crippen molar-refractivity contribution in [3.63, 3.8) is 0 Å². The van der Waals surface area contributed by atoms with E-state index in [0.29, 0.717) is 19.4 Å². The van der Waals surface area contributed by atoms with Crippen molar-refractivity contribution in [3.8, 4) is 0 Å². The molecule has 1 amide bonds. The van der Waals surface area contributed by atoms with Gasteiger partial charge in [0.05, 0.1) is 13.0 Å². The van der Waals surface area contributed by atoms with Gasteiger partial charge in [-0.3, -0.25) is 9.59 Å². The van der Waals surface area contributed by atoms with Crippen LogP contribution in [0.4, 0.5) is 0 Å². The van der Waals surface area contributed by atoms with Crippen LogP contribution in [0.3, 0.4) is 0 Å². The van der Waals surface area contributed by atoms with Crippen LogP contribution >= 0.6 is 0 Å². The standard InChI is InChI=1S/C14H17NO2/c1-11-4-2-5-12(8-11)9-14(17)15-7-3-6-13(16)10-15/h2,4-5,8H,3,6-7,9-10H2,1H3. The summed E-state index contributed by atoms with van der Waals surface area (Å²) in [5.41, 5.74) is 2.18. The first kappa shape index (κ1) is 11.8. The maximum Gasteiger partial charge on any atom is 0.227 e. The van der Waals surface area contributed by atoms with Crippen molar-refractivity contribution in [3.05, 3.63) is 35.4 Å². The summed E-state index contributed by atoms with van der Waals surface area (Å²) in [5, 5.41) is 0. The average molecular weight is 231 g/mol. The highest BCUT2D eigenvalue weighted by molar-refractivity contribution is 5.88. The third-order valence-corrected chi connectivity index (χ3v) is 3.04. The van der Waals surface area contributed by atoms with Crippen LogP contribution in [-0.2, 0) is 16.0 Å². The third kappa shape index (κ3) is 3.16. The molecular formula is C14H17NO2. The fourth-order valence-corrected chi connectivity index (χ4v) is 2.16. The Labute approximate surface area is 101 Å². The number of carbonyl (C=O) groups excluding carboxylic acids is 2. The summed E-state index contributed by atoms with van der Waals surface area (Å²) in [7, 11) is 0. The van der Waals surface area contributed by atoms with Crippen molar-refractivity contribution in [2.24, 2.45) is 0 Å². The third-order valence-electron chi connectivity index (χ3n) is 3.04. The number of rotatable bonds is 2. The number of nitrogens with zero attached hydrogens (tertiary/aromatic N) is 1. The van der Waals surface area contributed by atoms with Crippen molar-refractivity contribution in [2.45, 2.75) is 26.2 Å². The first-order valence-electron chi connectivity index (χ1n) is 6.00. The van der Waals surface area contributed by atoms with Gasteiger partial charge in [0.2, 0.25) is 5.91 Å². The lowest BCUT2D eigenvalue weighted by Gasteiger charge is -2.25. The van der Waals surface area contributed by atoms with E-state index in [1.54, 1.807) is 4.90 Å².